The van der Waals surface area contributed by atoms with E-state index in [9.17, 15) is 4.79 Å². The number of rotatable bonds is 6. The van der Waals surface area contributed by atoms with Gasteiger partial charge in [0, 0.05) is 51.7 Å². The molecule has 0 saturated carbocycles. The Labute approximate surface area is 163 Å². The molecule has 2 saturated heterocycles. The van der Waals surface area contributed by atoms with Crippen molar-refractivity contribution >= 4 is 6.03 Å². The summed E-state index contributed by atoms with van der Waals surface area (Å²) in [5.74, 6) is 0.635. The molecule has 2 aliphatic heterocycles. The molecule has 2 fully saturated rings. The maximum atomic E-state index is 12.6. The molecule has 1 aromatic heterocycles. The number of likely N-dealkylation sites (tertiary alicyclic amines) is 1. The first-order chi connectivity index (χ1) is 13.2. The molecule has 2 aliphatic rings. The van der Waals surface area contributed by atoms with Crippen molar-refractivity contribution in [3.05, 3.63) is 30.1 Å². The van der Waals surface area contributed by atoms with Gasteiger partial charge in [-0.3, -0.25) is 9.88 Å². The Morgan fingerprint density at radius 3 is 2.74 bits per heavy atom. The molecular weight excluding hydrogens is 338 g/mol. The number of piperidine rings is 1. The second-order valence-corrected chi connectivity index (χ2v) is 7.95. The van der Waals surface area contributed by atoms with Gasteiger partial charge in [-0.2, -0.15) is 0 Å². The molecule has 0 aromatic carbocycles. The van der Waals surface area contributed by atoms with E-state index in [0.717, 1.165) is 45.7 Å². The highest BCUT2D eigenvalue weighted by Crippen LogP contribution is 2.16. The van der Waals surface area contributed by atoms with E-state index in [1.807, 2.05) is 23.4 Å². The summed E-state index contributed by atoms with van der Waals surface area (Å²) < 4.78 is 0. The highest BCUT2D eigenvalue weighted by Gasteiger charge is 2.22. The van der Waals surface area contributed by atoms with Crippen LogP contribution in [-0.4, -0.2) is 78.1 Å². The third-order valence-corrected chi connectivity index (χ3v) is 5.79. The van der Waals surface area contributed by atoms with Crippen LogP contribution in [0.1, 0.15) is 38.2 Å². The normalized spacial score (nSPS) is 20.4. The van der Waals surface area contributed by atoms with Crippen molar-refractivity contribution in [3.8, 4) is 0 Å². The van der Waals surface area contributed by atoms with Gasteiger partial charge in [0.05, 0.1) is 0 Å². The van der Waals surface area contributed by atoms with Crippen molar-refractivity contribution in [3.63, 3.8) is 0 Å². The topological polar surface area (TPSA) is 51.7 Å². The molecular formula is C21H35N5O. The number of carbonyl (C=O) groups is 1. The lowest BCUT2D eigenvalue weighted by atomic mass is 9.97. The number of hydrogen-bond donors (Lipinski definition) is 1. The Hall–Kier alpha value is -1.66. The van der Waals surface area contributed by atoms with Crippen molar-refractivity contribution < 1.29 is 4.79 Å². The van der Waals surface area contributed by atoms with E-state index in [0.29, 0.717) is 5.92 Å². The zero-order valence-electron chi connectivity index (χ0n) is 16.8. The Morgan fingerprint density at radius 1 is 1.15 bits per heavy atom. The summed E-state index contributed by atoms with van der Waals surface area (Å²) in [5.41, 5.74) is 1.24. The van der Waals surface area contributed by atoms with E-state index in [2.05, 4.69) is 33.1 Å². The fourth-order valence-electron chi connectivity index (χ4n) is 4.16. The second-order valence-electron chi connectivity index (χ2n) is 7.95. The number of urea groups is 1. The molecule has 6 nitrogen and oxygen atoms in total. The van der Waals surface area contributed by atoms with Gasteiger partial charge in [0.1, 0.15) is 0 Å². The smallest absolute Gasteiger partial charge is 0.317 e. The maximum absolute atomic E-state index is 12.6. The van der Waals surface area contributed by atoms with Crippen LogP contribution in [0.3, 0.4) is 0 Å². The van der Waals surface area contributed by atoms with Crippen LogP contribution in [0.25, 0.3) is 0 Å². The Bertz CT molecular complexity index is 559. The molecule has 27 heavy (non-hydrogen) atoms. The van der Waals surface area contributed by atoms with Gasteiger partial charge in [-0.1, -0.05) is 13.0 Å². The number of amides is 2. The van der Waals surface area contributed by atoms with E-state index >= 15 is 0 Å². The minimum absolute atomic E-state index is 0.120. The number of hydrogen-bond acceptors (Lipinski definition) is 4. The van der Waals surface area contributed by atoms with E-state index < -0.39 is 0 Å². The molecule has 0 aliphatic carbocycles. The largest absolute Gasteiger partial charge is 0.338 e. The number of nitrogens with one attached hydrogen (secondary N) is 1. The predicted octanol–water partition coefficient (Wildman–Crippen LogP) is 2.42. The van der Waals surface area contributed by atoms with Gasteiger partial charge in [-0.05, 0) is 62.9 Å². The first kappa shape index (κ1) is 20.1. The van der Waals surface area contributed by atoms with Crippen LogP contribution in [0.15, 0.2) is 24.5 Å². The van der Waals surface area contributed by atoms with Crippen LogP contribution < -0.4 is 5.32 Å². The molecule has 0 bridgehead atoms. The summed E-state index contributed by atoms with van der Waals surface area (Å²) in [6, 6.07) is 4.22. The molecule has 0 spiro atoms. The highest BCUT2D eigenvalue weighted by molar-refractivity contribution is 5.74. The molecule has 0 unspecified atom stereocenters. The minimum Gasteiger partial charge on any atom is -0.338 e. The van der Waals surface area contributed by atoms with E-state index in [4.69, 9.17) is 0 Å². The summed E-state index contributed by atoms with van der Waals surface area (Å²) in [6.07, 6.45) is 8.42. The second kappa shape index (κ2) is 10.6. The highest BCUT2D eigenvalue weighted by atomic mass is 16.2. The van der Waals surface area contributed by atoms with Gasteiger partial charge in [-0.25, -0.2) is 4.79 Å². The van der Waals surface area contributed by atoms with Crippen molar-refractivity contribution in [1.29, 1.82) is 0 Å². The zero-order chi connectivity index (χ0) is 18.9. The standard InChI is InChI=1S/C21H35N5O/c1-2-9-24-12-6-19(7-13-24)17-23-21(27)26-11-4-10-25(14-15-26)18-20-5-3-8-22-16-20/h3,5,8,16,19H,2,4,6-7,9-15,17-18H2,1H3,(H,23,27). The molecule has 2 amide bonds. The van der Waals surface area contributed by atoms with Crippen LogP contribution in [0.4, 0.5) is 4.79 Å². The first-order valence-electron chi connectivity index (χ1n) is 10.6. The zero-order valence-corrected chi connectivity index (χ0v) is 16.8. The number of carbonyl (C=O) groups excluding carboxylic acids is 1. The van der Waals surface area contributed by atoms with Gasteiger partial charge in [0.15, 0.2) is 0 Å². The Balaban J connectivity index is 1.37. The lowest BCUT2D eigenvalue weighted by molar-refractivity contribution is 0.173. The average molecular weight is 374 g/mol. The SMILES string of the molecule is CCCN1CCC(CNC(=O)N2CCCN(Cc3cccnc3)CC2)CC1. The van der Waals surface area contributed by atoms with Gasteiger partial charge < -0.3 is 15.1 Å². The average Bonchev–Trinajstić information content (AvgIpc) is 2.94. The number of nitrogens with zero attached hydrogens (tertiary/aromatic N) is 4. The van der Waals surface area contributed by atoms with Gasteiger partial charge >= 0.3 is 6.03 Å². The van der Waals surface area contributed by atoms with Gasteiger partial charge in [0.25, 0.3) is 0 Å². The van der Waals surface area contributed by atoms with Crippen molar-refractivity contribution in [2.75, 3.05) is 52.4 Å². The van der Waals surface area contributed by atoms with E-state index in [1.54, 1.807) is 0 Å². The third kappa shape index (κ3) is 6.47. The van der Waals surface area contributed by atoms with E-state index in [1.165, 1.54) is 44.5 Å². The first-order valence-corrected chi connectivity index (χ1v) is 10.6. The quantitative estimate of drug-likeness (QED) is 0.832. The lowest BCUT2D eigenvalue weighted by Gasteiger charge is -2.32. The Morgan fingerprint density at radius 2 is 2.00 bits per heavy atom. The predicted molar refractivity (Wildman–Crippen MR) is 109 cm³/mol. The van der Waals surface area contributed by atoms with Crippen LogP contribution in [-0.2, 0) is 6.54 Å². The fraction of sp³-hybridized carbons (Fsp3) is 0.714. The van der Waals surface area contributed by atoms with Crippen LogP contribution in [0.5, 0.6) is 0 Å². The summed E-state index contributed by atoms with van der Waals surface area (Å²) in [6.45, 7) is 11.2. The lowest BCUT2D eigenvalue weighted by Crippen LogP contribution is -2.45. The molecule has 3 heterocycles. The summed E-state index contributed by atoms with van der Waals surface area (Å²) in [4.78, 5) is 23.8. The van der Waals surface area contributed by atoms with Crippen molar-refractivity contribution in [2.45, 2.75) is 39.2 Å². The monoisotopic (exact) mass is 373 g/mol. The van der Waals surface area contributed by atoms with Crippen LogP contribution in [0.2, 0.25) is 0 Å². The summed E-state index contributed by atoms with van der Waals surface area (Å²) >= 11 is 0. The summed E-state index contributed by atoms with van der Waals surface area (Å²) in [5, 5.41) is 3.20. The molecule has 0 atom stereocenters. The maximum Gasteiger partial charge on any atom is 0.317 e. The number of aromatic nitrogens is 1. The van der Waals surface area contributed by atoms with Crippen molar-refractivity contribution in [2.24, 2.45) is 5.92 Å². The summed E-state index contributed by atoms with van der Waals surface area (Å²) in [7, 11) is 0. The molecule has 150 valence electrons. The van der Waals surface area contributed by atoms with Crippen LogP contribution >= 0.6 is 0 Å². The van der Waals surface area contributed by atoms with Gasteiger partial charge in [-0.15, -0.1) is 0 Å². The molecule has 1 aromatic rings. The molecule has 3 rings (SSSR count). The number of pyridine rings is 1. The molecule has 0 radical (unpaired) electrons. The fourth-order valence-corrected chi connectivity index (χ4v) is 4.16. The van der Waals surface area contributed by atoms with Crippen molar-refractivity contribution in [1.82, 2.24) is 25.0 Å². The van der Waals surface area contributed by atoms with Crippen LogP contribution in [0, 0.1) is 5.92 Å². The Kier molecular flexibility index (Phi) is 7.90. The molecule has 6 heteroatoms. The minimum atomic E-state index is 0.120. The molecule has 1 N–H and O–H groups in total. The van der Waals surface area contributed by atoms with Gasteiger partial charge in [0.2, 0.25) is 0 Å². The third-order valence-electron chi connectivity index (χ3n) is 5.79. The van der Waals surface area contributed by atoms with E-state index in [-0.39, 0.29) is 6.03 Å².